The Morgan fingerprint density at radius 3 is 2.00 bits per heavy atom. The summed E-state index contributed by atoms with van der Waals surface area (Å²) in [7, 11) is 0. The second-order valence-corrected chi connectivity index (χ2v) is 5.75. The second kappa shape index (κ2) is 9.94. The van der Waals surface area contributed by atoms with E-state index in [0.29, 0.717) is 0 Å². The first kappa shape index (κ1) is 17.0. The monoisotopic (exact) mass is 241 g/mol. The highest BCUT2D eigenvalue weighted by atomic mass is 15.1. The minimum absolute atomic E-state index is 0.744. The molecule has 0 aliphatic rings. The van der Waals surface area contributed by atoms with Gasteiger partial charge in [-0.05, 0) is 38.1 Å². The lowest BCUT2D eigenvalue weighted by molar-refractivity contribution is 0.172. The molecule has 0 aliphatic heterocycles. The Kier molecular flexibility index (Phi) is 9.91. The molecule has 0 bridgehead atoms. The van der Waals surface area contributed by atoms with E-state index >= 15 is 0 Å². The van der Waals surface area contributed by atoms with E-state index in [1.165, 1.54) is 45.2 Å². The van der Waals surface area contributed by atoms with Crippen LogP contribution in [0.4, 0.5) is 0 Å². The fourth-order valence-electron chi connectivity index (χ4n) is 2.82. The molecule has 0 saturated carbocycles. The summed E-state index contributed by atoms with van der Waals surface area (Å²) in [6.07, 6.45) is 6.79. The topological polar surface area (TPSA) is 3.24 Å². The van der Waals surface area contributed by atoms with Crippen molar-refractivity contribution in [1.82, 2.24) is 4.90 Å². The lowest BCUT2D eigenvalue weighted by atomic mass is 9.89. The van der Waals surface area contributed by atoms with Crippen molar-refractivity contribution in [3.63, 3.8) is 0 Å². The third-order valence-electron chi connectivity index (χ3n) is 4.18. The van der Waals surface area contributed by atoms with Gasteiger partial charge in [-0.25, -0.2) is 0 Å². The van der Waals surface area contributed by atoms with Crippen LogP contribution in [0.5, 0.6) is 0 Å². The van der Waals surface area contributed by atoms with E-state index in [2.05, 4.69) is 46.4 Å². The van der Waals surface area contributed by atoms with Gasteiger partial charge in [0, 0.05) is 12.6 Å². The summed E-state index contributed by atoms with van der Waals surface area (Å²) in [6, 6.07) is 0.744. The van der Waals surface area contributed by atoms with Gasteiger partial charge < -0.3 is 4.90 Å². The number of nitrogens with zero attached hydrogens (tertiary/aromatic N) is 1. The van der Waals surface area contributed by atoms with Crippen LogP contribution >= 0.6 is 0 Å². The highest BCUT2D eigenvalue weighted by Crippen LogP contribution is 2.21. The first-order valence-electron chi connectivity index (χ1n) is 7.82. The van der Waals surface area contributed by atoms with Gasteiger partial charge in [-0.15, -0.1) is 0 Å². The average molecular weight is 241 g/mol. The fourth-order valence-corrected chi connectivity index (χ4v) is 2.82. The van der Waals surface area contributed by atoms with Crippen LogP contribution in [-0.2, 0) is 0 Å². The zero-order chi connectivity index (χ0) is 13.3. The molecule has 0 aromatic carbocycles. The van der Waals surface area contributed by atoms with Crippen LogP contribution in [0.15, 0.2) is 0 Å². The molecule has 0 saturated heterocycles. The molecule has 1 nitrogen and oxygen atoms in total. The van der Waals surface area contributed by atoms with Gasteiger partial charge >= 0.3 is 0 Å². The first-order chi connectivity index (χ1) is 8.08. The van der Waals surface area contributed by atoms with Gasteiger partial charge in [-0.2, -0.15) is 0 Å². The second-order valence-electron chi connectivity index (χ2n) is 5.75. The molecular weight excluding hydrogens is 206 g/mol. The highest BCUT2D eigenvalue weighted by Gasteiger charge is 2.16. The molecule has 0 N–H and O–H groups in total. The van der Waals surface area contributed by atoms with Gasteiger partial charge in [-0.1, -0.05) is 53.9 Å². The Morgan fingerprint density at radius 1 is 0.941 bits per heavy atom. The Labute approximate surface area is 110 Å². The Balaban J connectivity index is 4.07. The molecule has 0 amide bonds. The molecule has 0 aromatic heterocycles. The Bertz CT molecular complexity index is 167. The predicted octanol–water partition coefficient (Wildman–Crippen LogP) is 4.96. The zero-order valence-corrected chi connectivity index (χ0v) is 13.1. The summed E-state index contributed by atoms with van der Waals surface area (Å²) in [4.78, 5) is 2.64. The van der Waals surface area contributed by atoms with Gasteiger partial charge in [0.2, 0.25) is 0 Å². The third-order valence-corrected chi connectivity index (χ3v) is 4.18. The number of rotatable bonds is 10. The Hall–Kier alpha value is -0.0400. The zero-order valence-electron chi connectivity index (χ0n) is 13.1. The van der Waals surface area contributed by atoms with Crippen LogP contribution < -0.4 is 0 Å². The molecule has 0 spiro atoms. The van der Waals surface area contributed by atoms with Crippen LogP contribution in [-0.4, -0.2) is 24.0 Å². The summed E-state index contributed by atoms with van der Waals surface area (Å²) < 4.78 is 0. The van der Waals surface area contributed by atoms with E-state index in [0.717, 1.165) is 17.9 Å². The van der Waals surface area contributed by atoms with Gasteiger partial charge in [0.15, 0.2) is 0 Å². The van der Waals surface area contributed by atoms with Crippen LogP contribution in [0.3, 0.4) is 0 Å². The van der Waals surface area contributed by atoms with E-state index in [1.54, 1.807) is 0 Å². The van der Waals surface area contributed by atoms with E-state index in [4.69, 9.17) is 0 Å². The molecule has 0 aromatic rings. The van der Waals surface area contributed by atoms with Crippen molar-refractivity contribution in [2.24, 2.45) is 11.8 Å². The van der Waals surface area contributed by atoms with Crippen molar-refractivity contribution in [2.75, 3.05) is 13.1 Å². The minimum atomic E-state index is 0.744. The van der Waals surface area contributed by atoms with Crippen molar-refractivity contribution in [3.8, 4) is 0 Å². The highest BCUT2D eigenvalue weighted by molar-refractivity contribution is 4.70. The first-order valence-corrected chi connectivity index (χ1v) is 7.82. The summed E-state index contributed by atoms with van der Waals surface area (Å²) in [5.41, 5.74) is 0. The summed E-state index contributed by atoms with van der Waals surface area (Å²) in [5.74, 6) is 1.80. The normalized spacial score (nSPS) is 17.1. The molecule has 0 radical (unpaired) electrons. The third kappa shape index (κ3) is 7.08. The van der Waals surface area contributed by atoms with Crippen molar-refractivity contribution in [1.29, 1.82) is 0 Å². The summed E-state index contributed by atoms with van der Waals surface area (Å²) in [6.45, 7) is 16.5. The van der Waals surface area contributed by atoms with Crippen molar-refractivity contribution < 1.29 is 0 Å². The maximum Gasteiger partial charge on any atom is 0.00643 e. The lowest BCUT2D eigenvalue weighted by Gasteiger charge is -2.31. The summed E-state index contributed by atoms with van der Waals surface area (Å²) >= 11 is 0. The van der Waals surface area contributed by atoms with E-state index < -0.39 is 0 Å². The molecule has 104 valence electrons. The molecule has 3 atom stereocenters. The van der Waals surface area contributed by atoms with Crippen molar-refractivity contribution in [2.45, 2.75) is 79.7 Å². The molecular formula is C16H35N. The molecule has 3 unspecified atom stereocenters. The molecule has 17 heavy (non-hydrogen) atoms. The lowest BCUT2D eigenvalue weighted by Crippen LogP contribution is -2.36. The number of hydrogen-bond donors (Lipinski definition) is 0. The van der Waals surface area contributed by atoms with Crippen LogP contribution in [0, 0.1) is 11.8 Å². The van der Waals surface area contributed by atoms with E-state index in [9.17, 15) is 0 Å². The molecule has 1 heteroatoms. The number of hydrogen-bond acceptors (Lipinski definition) is 1. The molecule has 0 heterocycles. The molecule has 0 rings (SSSR count). The van der Waals surface area contributed by atoms with Gasteiger partial charge in [-0.3, -0.25) is 0 Å². The maximum atomic E-state index is 2.64. The van der Waals surface area contributed by atoms with Crippen molar-refractivity contribution in [3.05, 3.63) is 0 Å². The average Bonchev–Trinajstić information content (AvgIpc) is 2.34. The van der Waals surface area contributed by atoms with Gasteiger partial charge in [0.1, 0.15) is 0 Å². The summed E-state index contributed by atoms with van der Waals surface area (Å²) in [5, 5.41) is 0. The SMILES string of the molecule is CCCC(CC)CC(C)CN(CC)C(C)CC. The quantitative estimate of drug-likeness (QED) is 0.522. The molecule has 0 aliphatic carbocycles. The largest absolute Gasteiger partial charge is 0.301 e. The van der Waals surface area contributed by atoms with Crippen LogP contribution in [0.2, 0.25) is 0 Å². The van der Waals surface area contributed by atoms with Crippen LogP contribution in [0.25, 0.3) is 0 Å². The standard InChI is InChI=1S/C16H35N/c1-7-11-16(9-3)12-14(5)13-17(10-4)15(6)8-2/h14-16H,7-13H2,1-6H3. The minimum Gasteiger partial charge on any atom is -0.301 e. The van der Waals surface area contributed by atoms with E-state index in [-0.39, 0.29) is 0 Å². The van der Waals surface area contributed by atoms with E-state index in [1.807, 2.05) is 0 Å². The molecule has 0 fully saturated rings. The fraction of sp³-hybridized carbons (Fsp3) is 1.00. The predicted molar refractivity (Wildman–Crippen MR) is 79.5 cm³/mol. The maximum absolute atomic E-state index is 2.64. The van der Waals surface area contributed by atoms with Gasteiger partial charge in [0.05, 0.1) is 0 Å². The van der Waals surface area contributed by atoms with Gasteiger partial charge in [0.25, 0.3) is 0 Å². The van der Waals surface area contributed by atoms with Crippen LogP contribution in [0.1, 0.15) is 73.6 Å². The smallest absolute Gasteiger partial charge is 0.00643 e. The Morgan fingerprint density at radius 2 is 1.59 bits per heavy atom. The van der Waals surface area contributed by atoms with Crippen molar-refractivity contribution >= 4 is 0 Å².